The van der Waals surface area contributed by atoms with Gasteiger partial charge in [0.25, 0.3) is 0 Å². The first-order valence-corrected chi connectivity index (χ1v) is 6.86. The van der Waals surface area contributed by atoms with Crippen LogP contribution in [0.5, 0.6) is 0 Å². The van der Waals surface area contributed by atoms with Gasteiger partial charge in [-0.3, -0.25) is 14.5 Å². The Balaban J connectivity index is 2.12. The molecule has 0 bridgehead atoms. The van der Waals surface area contributed by atoms with E-state index in [9.17, 15) is 14.4 Å². The highest BCUT2D eigenvalue weighted by atomic mass is 32.2. The number of H-pyrrole nitrogens is 1. The molecular weight excluding hydrogens is 280 g/mol. The Morgan fingerprint density at radius 2 is 2.30 bits per heavy atom. The summed E-state index contributed by atoms with van der Waals surface area (Å²) in [6.45, 7) is 2.45. The van der Waals surface area contributed by atoms with E-state index in [2.05, 4.69) is 10.3 Å². The summed E-state index contributed by atoms with van der Waals surface area (Å²) >= 11 is 1.05. The molecular formula is C12H12N4O3S. The Morgan fingerprint density at radius 3 is 2.90 bits per heavy atom. The third-order valence-electron chi connectivity index (χ3n) is 2.82. The van der Waals surface area contributed by atoms with E-state index in [1.807, 2.05) is 6.07 Å². The fraction of sp³-hybridized carbons (Fsp3) is 0.333. The van der Waals surface area contributed by atoms with Crippen molar-refractivity contribution in [2.24, 2.45) is 0 Å². The third kappa shape index (κ3) is 2.83. The van der Waals surface area contributed by atoms with Gasteiger partial charge < -0.3 is 10.3 Å². The average molecular weight is 292 g/mol. The maximum absolute atomic E-state index is 11.9. The number of aromatic amines is 1. The van der Waals surface area contributed by atoms with Gasteiger partial charge >= 0.3 is 6.03 Å². The predicted molar refractivity (Wildman–Crippen MR) is 72.4 cm³/mol. The lowest BCUT2D eigenvalue weighted by Crippen LogP contribution is -2.35. The Hall–Kier alpha value is -2.27. The summed E-state index contributed by atoms with van der Waals surface area (Å²) in [4.78, 5) is 38.3. The second-order valence-corrected chi connectivity index (χ2v) is 5.18. The number of nitrogens with one attached hydrogen (secondary N) is 2. The van der Waals surface area contributed by atoms with Crippen molar-refractivity contribution >= 4 is 23.7 Å². The van der Waals surface area contributed by atoms with E-state index in [0.29, 0.717) is 29.2 Å². The molecule has 0 saturated carbocycles. The van der Waals surface area contributed by atoms with Crippen molar-refractivity contribution in [3.8, 4) is 6.07 Å². The number of hydrogen-bond donors (Lipinski definition) is 2. The van der Waals surface area contributed by atoms with Gasteiger partial charge in [-0.2, -0.15) is 5.26 Å². The molecule has 1 aliphatic heterocycles. The number of pyridine rings is 1. The fourth-order valence-electron chi connectivity index (χ4n) is 1.83. The number of nitriles is 1. The van der Waals surface area contributed by atoms with E-state index in [-0.39, 0.29) is 17.2 Å². The molecule has 2 N–H and O–H groups in total. The average Bonchev–Trinajstić information content (AvgIpc) is 2.81. The molecule has 0 radical (unpaired) electrons. The Kier molecular flexibility index (Phi) is 4.10. The van der Waals surface area contributed by atoms with Crippen LogP contribution in [0, 0.1) is 18.3 Å². The van der Waals surface area contributed by atoms with Gasteiger partial charge in [0.2, 0.25) is 11.5 Å². The second kappa shape index (κ2) is 5.79. The van der Waals surface area contributed by atoms with Crippen LogP contribution in [-0.2, 0) is 4.79 Å². The van der Waals surface area contributed by atoms with Gasteiger partial charge in [-0.15, -0.1) is 0 Å². The topological polar surface area (TPSA) is 106 Å². The minimum absolute atomic E-state index is 0.0124. The number of thioether (sulfide) groups is 1. The van der Waals surface area contributed by atoms with Crippen molar-refractivity contribution in [1.82, 2.24) is 15.2 Å². The zero-order valence-corrected chi connectivity index (χ0v) is 11.5. The number of nitrogens with zero attached hydrogens (tertiary/aromatic N) is 2. The van der Waals surface area contributed by atoms with Crippen LogP contribution < -0.4 is 10.9 Å². The second-order valence-electron chi connectivity index (χ2n) is 4.20. The van der Waals surface area contributed by atoms with Crippen LogP contribution in [0.3, 0.4) is 0 Å². The smallest absolute Gasteiger partial charge is 0.324 e. The van der Waals surface area contributed by atoms with Crippen molar-refractivity contribution in [3.05, 3.63) is 27.5 Å². The van der Waals surface area contributed by atoms with Crippen LogP contribution in [0.4, 0.5) is 4.79 Å². The van der Waals surface area contributed by atoms with Gasteiger partial charge in [0.05, 0.1) is 16.3 Å². The van der Waals surface area contributed by atoms with Gasteiger partial charge in [-0.25, -0.2) is 4.79 Å². The number of carbonyl (C=O) groups is 2. The molecule has 104 valence electrons. The summed E-state index contributed by atoms with van der Waals surface area (Å²) in [7, 11) is 0. The number of imide groups is 1. The van der Waals surface area contributed by atoms with Crippen molar-refractivity contribution in [2.75, 3.05) is 18.8 Å². The Morgan fingerprint density at radius 1 is 1.55 bits per heavy atom. The highest BCUT2D eigenvalue weighted by molar-refractivity contribution is 8.00. The van der Waals surface area contributed by atoms with Crippen LogP contribution in [-0.4, -0.2) is 40.7 Å². The Bertz CT molecular complexity index is 662. The molecule has 0 aromatic carbocycles. The number of amides is 3. The van der Waals surface area contributed by atoms with Crippen LogP contribution >= 0.6 is 11.8 Å². The largest absolute Gasteiger partial charge is 0.336 e. The number of aromatic nitrogens is 1. The van der Waals surface area contributed by atoms with E-state index >= 15 is 0 Å². The maximum atomic E-state index is 11.9. The zero-order chi connectivity index (χ0) is 14.7. The molecule has 0 spiro atoms. The van der Waals surface area contributed by atoms with Crippen LogP contribution in [0.25, 0.3) is 0 Å². The van der Waals surface area contributed by atoms with Crippen LogP contribution in [0.2, 0.25) is 0 Å². The quantitative estimate of drug-likeness (QED) is 0.774. The number of aryl methyl sites for hydroxylation is 1. The lowest BCUT2D eigenvalue weighted by molar-refractivity contribution is -0.124. The van der Waals surface area contributed by atoms with E-state index in [0.717, 1.165) is 16.7 Å². The molecule has 1 aromatic heterocycles. The van der Waals surface area contributed by atoms with Gasteiger partial charge in [-0.1, -0.05) is 11.8 Å². The van der Waals surface area contributed by atoms with Gasteiger partial charge in [-0.05, 0) is 12.5 Å². The zero-order valence-electron chi connectivity index (χ0n) is 10.7. The molecule has 0 aliphatic carbocycles. The monoisotopic (exact) mass is 292 g/mol. The summed E-state index contributed by atoms with van der Waals surface area (Å²) in [6.07, 6.45) is 0. The fourth-order valence-corrected chi connectivity index (χ4v) is 2.77. The summed E-state index contributed by atoms with van der Waals surface area (Å²) in [5, 5.41) is 12.0. The number of rotatable bonds is 3. The molecule has 1 aromatic rings. The molecule has 1 aliphatic rings. The number of carbonyl (C=O) groups excluding carboxylic acids is 2. The van der Waals surface area contributed by atoms with E-state index < -0.39 is 6.03 Å². The summed E-state index contributed by atoms with van der Waals surface area (Å²) < 4.78 is 0. The van der Waals surface area contributed by atoms with E-state index in [1.54, 1.807) is 6.92 Å². The number of hydrogen-bond acceptors (Lipinski definition) is 5. The Labute approximate surface area is 119 Å². The maximum Gasteiger partial charge on any atom is 0.324 e. The molecule has 0 unspecified atom stereocenters. The normalized spacial score (nSPS) is 14.0. The molecule has 3 amide bonds. The first-order valence-electron chi connectivity index (χ1n) is 5.88. The lowest BCUT2D eigenvalue weighted by Gasteiger charge is -2.12. The predicted octanol–water partition coefficient (Wildman–Crippen LogP) is 0.199. The highest BCUT2D eigenvalue weighted by Gasteiger charge is 2.26. The van der Waals surface area contributed by atoms with E-state index in [4.69, 9.17) is 5.26 Å². The minimum atomic E-state index is -0.408. The molecule has 1 fully saturated rings. The van der Waals surface area contributed by atoms with Crippen molar-refractivity contribution in [3.63, 3.8) is 0 Å². The summed E-state index contributed by atoms with van der Waals surface area (Å²) in [6, 6.07) is 2.92. The molecule has 20 heavy (non-hydrogen) atoms. The first-order chi connectivity index (χ1) is 9.52. The van der Waals surface area contributed by atoms with E-state index in [1.165, 1.54) is 6.07 Å². The molecule has 2 rings (SSSR count). The van der Waals surface area contributed by atoms with Crippen molar-refractivity contribution in [2.45, 2.75) is 11.9 Å². The van der Waals surface area contributed by atoms with Crippen molar-refractivity contribution in [1.29, 1.82) is 5.26 Å². The molecule has 0 atom stereocenters. The van der Waals surface area contributed by atoms with Crippen LogP contribution in [0.15, 0.2) is 15.9 Å². The number of urea groups is 1. The van der Waals surface area contributed by atoms with Gasteiger partial charge in [0.15, 0.2) is 0 Å². The standard InChI is InChI=1S/C12H12N4O3S/c1-7-4-9(17)15-11(8(7)5-13)20-6-10(18)16-3-2-14-12(16)19/h4H,2-3,6H2,1H3,(H,14,19)(H,15,17). The van der Waals surface area contributed by atoms with Crippen molar-refractivity contribution < 1.29 is 9.59 Å². The molecule has 2 heterocycles. The minimum Gasteiger partial charge on any atom is -0.336 e. The highest BCUT2D eigenvalue weighted by Crippen LogP contribution is 2.21. The SMILES string of the molecule is Cc1cc(=O)[nH]c(SCC(=O)N2CCNC2=O)c1C#N. The third-order valence-corrected chi connectivity index (χ3v) is 3.80. The summed E-state index contributed by atoms with van der Waals surface area (Å²) in [5.74, 6) is -0.363. The molecule has 8 heteroatoms. The van der Waals surface area contributed by atoms with Gasteiger partial charge in [0.1, 0.15) is 6.07 Å². The molecule has 1 saturated heterocycles. The van der Waals surface area contributed by atoms with Gasteiger partial charge in [0, 0.05) is 19.2 Å². The molecule has 7 nitrogen and oxygen atoms in total. The summed E-state index contributed by atoms with van der Waals surface area (Å²) in [5.41, 5.74) is 0.578. The lowest BCUT2D eigenvalue weighted by atomic mass is 10.2. The van der Waals surface area contributed by atoms with Crippen LogP contribution in [0.1, 0.15) is 11.1 Å². The first kappa shape index (κ1) is 14.1.